The smallest absolute Gasteiger partial charge is 0.193 e. The number of nitrogens with zero attached hydrogens (tertiary/aromatic N) is 4. The van der Waals surface area contributed by atoms with Crippen molar-refractivity contribution in [3.8, 4) is 0 Å². The normalized spacial score (nSPS) is 14.9. The molecule has 0 radical (unpaired) electrons. The molecular formula is C19H27FIN5O. The van der Waals surface area contributed by atoms with Crippen LogP contribution in [0.3, 0.4) is 0 Å². The quantitative estimate of drug-likeness (QED) is 0.409. The van der Waals surface area contributed by atoms with Crippen molar-refractivity contribution in [2.45, 2.75) is 20.3 Å². The molecule has 1 saturated heterocycles. The Morgan fingerprint density at radius 3 is 2.41 bits per heavy atom. The van der Waals surface area contributed by atoms with E-state index in [0.29, 0.717) is 0 Å². The van der Waals surface area contributed by atoms with Gasteiger partial charge in [0.1, 0.15) is 11.6 Å². The van der Waals surface area contributed by atoms with Gasteiger partial charge in [0, 0.05) is 51.0 Å². The van der Waals surface area contributed by atoms with Crippen LogP contribution in [0.15, 0.2) is 33.8 Å². The van der Waals surface area contributed by atoms with E-state index in [-0.39, 0.29) is 29.8 Å². The molecule has 2 aromatic rings. The lowest BCUT2D eigenvalue weighted by molar-refractivity contribution is 0.372. The molecule has 0 saturated carbocycles. The third kappa shape index (κ3) is 5.33. The van der Waals surface area contributed by atoms with E-state index in [1.165, 1.54) is 12.1 Å². The summed E-state index contributed by atoms with van der Waals surface area (Å²) in [5.41, 5.74) is 3.17. The van der Waals surface area contributed by atoms with Crippen molar-refractivity contribution < 1.29 is 8.91 Å². The van der Waals surface area contributed by atoms with Crippen LogP contribution in [-0.4, -0.2) is 55.8 Å². The van der Waals surface area contributed by atoms with Gasteiger partial charge in [-0.3, -0.25) is 4.99 Å². The maximum atomic E-state index is 13.1. The van der Waals surface area contributed by atoms with Crippen LogP contribution in [-0.2, 0) is 6.42 Å². The first-order chi connectivity index (χ1) is 12.6. The summed E-state index contributed by atoms with van der Waals surface area (Å²) in [5, 5.41) is 7.43. The van der Waals surface area contributed by atoms with Gasteiger partial charge in [0.25, 0.3) is 0 Å². The predicted molar refractivity (Wildman–Crippen MR) is 117 cm³/mol. The number of halogens is 2. The van der Waals surface area contributed by atoms with Crippen LogP contribution in [0, 0.1) is 19.7 Å². The number of nitrogens with one attached hydrogen (secondary N) is 1. The monoisotopic (exact) mass is 487 g/mol. The van der Waals surface area contributed by atoms with Crippen LogP contribution in [0.1, 0.15) is 17.0 Å². The van der Waals surface area contributed by atoms with E-state index in [9.17, 15) is 4.39 Å². The van der Waals surface area contributed by atoms with Gasteiger partial charge in [-0.2, -0.15) is 0 Å². The molecule has 0 unspecified atom stereocenters. The van der Waals surface area contributed by atoms with Crippen LogP contribution < -0.4 is 10.2 Å². The van der Waals surface area contributed by atoms with Crippen molar-refractivity contribution in [1.29, 1.82) is 0 Å². The zero-order valence-electron chi connectivity index (χ0n) is 16.0. The summed E-state index contributed by atoms with van der Waals surface area (Å²) >= 11 is 0. The third-order valence-electron chi connectivity index (χ3n) is 4.82. The van der Waals surface area contributed by atoms with Crippen LogP contribution in [0.5, 0.6) is 0 Å². The molecule has 1 fully saturated rings. The standard InChI is InChI=1S/C19H26FN5O.HI/c1-14-18(15(2)26-23-14)8-9-22-19(21-3)25-12-10-24(11-13-25)17-6-4-16(20)5-7-17;/h4-7H,8-13H2,1-3H3,(H,21,22);1H. The Kier molecular flexibility index (Phi) is 7.88. The minimum atomic E-state index is -0.199. The van der Waals surface area contributed by atoms with Gasteiger partial charge in [-0.15, -0.1) is 24.0 Å². The number of aliphatic imine (C=N–C) groups is 1. The fraction of sp³-hybridized carbons (Fsp3) is 0.474. The molecule has 1 N–H and O–H groups in total. The van der Waals surface area contributed by atoms with E-state index < -0.39 is 0 Å². The van der Waals surface area contributed by atoms with Crippen molar-refractivity contribution in [2.75, 3.05) is 44.7 Å². The highest BCUT2D eigenvalue weighted by Crippen LogP contribution is 2.17. The number of hydrogen-bond acceptors (Lipinski definition) is 4. The minimum Gasteiger partial charge on any atom is -0.368 e. The van der Waals surface area contributed by atoms with Crippen molar-refractivity contribution in [3.05, 3.63) is 47.1 Å². The first-order valence-electron chi connectivity index (χ1n) is 8.96. The fourth-order valence-electron chi connectivity index (χ4n) is 3.32. The molecule has 0 atom stereocenters. The number of aryl methyl sites for hydroxylation is 2. The summed E-state index contributed by atoms with van der Waals surface area (Å²) in [5.74, 6) is 1.60. The number of piperazine rings is 1. The van der Waals surface area contributed by atoms with Crippen LogP contribution in [0.4, 0.5) is 10.1 Å². The number of hydrogen-bond donors (Lipinski definition) is 1. The van der Waals surface area contributed by atoms with Crippen LogP contribution in [0.25, 0.3) is 0 Å². The van der Waals surface area contributed by atoms with Crippen LogP contribution in [0.2, 0.25) is 0 Å². The Morgan fingerprint density at radius 1 is 1.19 bits per heavy atom. The van der Waals surface area contributed by atoms with Gasteiger partial charge in [0.05, 0.1) is 5.69 Å². The maximum Gasteiger partial charge on any atom is 0.193 e. The lowest BCUT2D eigenvalue weighted by Crippen LogP contribution is -2.52. The van der Waals surface area contributed by atoms with E-state index in [1.807, 2.05) is 33.0 Å². The molecule has 6 nitrogen and oxygen atoms in total. The van der Waals surface area contributed by atoms with E-state index >= 15 is 0 Å². The average Bonchev–Trinajstić information content (AvgIpc) is 2.98. The SMILES string of the molecule is CN=C(NCCc1c(C)noc1C)N1CCN(c2ccc(F)cc2)CC1.I. The lowest BCUT2D eigenvalue weighted by atomic mass is 10.1. The van der Waals surface area contributed by atoms with E-state index in [0.717, 1.165) is 67.8 Å². The molecule has 27 heavy (non-hydrogen) atoms. The number of rotatable bonds is 4. The summed E-state index contributed by atoms with van der Waals surface area (Å²) in [4.78, 5) is 8.94. The molecule has 3 rings (SSSR count). The van der Waals surface area contributed by atoms with Gasteiger partial charge < -0.3 is 19.6 Å². The molecule has 0 aliphatic carbocycles. The zero-order valence-corrected chi connectivity index (χ0v) is 18.4. The molecule has 2 heterocycles. The van der Waals surface area contributed by atoms with Crippen LogP contribution >= 0.6 is 24.0 Å². The van der Waals surface area contributed by atoms with Gasteiger partial charge in [0.2, 0.25) is 0 Å². The predicted octanol–water partition coefficient (Wildman–Crippen LogP) is 2.99. The summed E-state index contributed by atoms with van der Waals surface area (Å²) < 4.78 is 18.3. The lowest BCUT2D eigenvalue weighted by Gasteiger charge is -2.37. The van der Waals surface area contributed by atoms with Crippen molar-refractivity contribution in [3.63, 3.8) is 0 Å². The summed E-state index contributed by atoms with van der Waals surface area (Å²) in [6, 6.07) is 6.69. The number of anilines is 1. The Bertz CT molecular complexity index is 734. The van der Waals surface area contributed by atoms with E-state index in [4.69, 9.17) is 4.52 Å². The first-order valence-corrected chi connectivity index (χ1v) is 8.96. The molecule has 1 aliphatic heterocycles. The number of aromatic nitrogens is 1. The first kappa shape index (κ1) is 21.5. The number of benzene rings is 1. The summed E-state index contributed by atoms with van der Waals surface area (Å²) in [6.45, 7) is 8.22. The Balaban J connectivity index is 0.00000261. The van der Waals surface area contributed by atoms with E-state index in [2.05, 4.69) is 25.3 Å². The highest BCUT2D eigenvalue weighted by molar-refractivity contribution is 14.0. The Labute approximate surface area is 176 Å². The summed E-state index contributed by atoms with van der Waals surface area (Å²) in [6.07, 6.45) is 0.857. The molecule has 8 heteroatoms. The average molecular weight is 487 g/mol. The van der Waals surface area contributed by atoms with Gasteiger partial charge in [0.15, 0.2) is 5.96 Å². The maximum absolute atomic E-state index is 13.1. The van der Waals surface area contributed by atoms with Crippen molar-refractivity contribution in [2.24, 2.45) is 4.99 Å². The van der Waals surface area contributed by atoms with Gasteiger partial charge in [-0.1, -0.05) is 5.16 Å². The zero-order chi connectivity index (χ0) is 18.5. The second-order valence-corrected chi connectivity index (χ2v) is 6.48. The van der Waals surface area contributed by atoms with Gasteiger partial charge in [-0.05, 0) is 44.5 Å². The van der Waals surface area contributed by atoms with E-state index in [1.54, 1.807) is 0 Å². The van der Waals surface area contributed by atoms with Gasteiger partial charge >= 0.3 is 0 Å². The third-order valence-corrected chi connectivity index (χ3v) is 4.82. The highest BCUT2D eigenvalue weighted by Gasteiger charge is 2.20. The minimum absolute atomic E-state index is 0. The molecule has 0 spiro atoms. The molecule has 1 aromatic carbocycles. The fourth-order valence-corrected chi connectivity index (χ4v) is 3.32. The molecular weight excluding hydrogens is 460 g/mol. The molecule has 1 aliphatic rings. The molecule has 1 aromatic heterocycles. The molecule has 148 valence electrons. The topological polar surface area (TPSA) is 56.9 Å². The largest absolute Gasteiger partial charge is 0.368 e. The highest BCUT2D eigenvalue weighted by atomic mass is 127. The second-order valence-electron chi connectivity index (χ2n) is 6.48. The van der Waals surface area contributed by atoms with Gasteiger partial charge in [-0.25, -0.2) is 4.39 Å². The van der Waals surface area contributed by atoms with Crippen molar-refractivity contribution >= 4 is 35.6 Å². The second kappa shape index (κ2) is 9.91. The Morgan fingerprint density at radius 2 is 1.85 bits per heavy atom. The number of guanidine groups is 1. The molecule has 0 bridgehead atoms. The Hall–Kier alpha value is -1.84. The molecule has 0 amide bonds. The summed E-state index contributed by atoms with van der Waals surface area (Å²) in [7, 11) is 1.81. The van der Waals surface area contributed by atoms with Crippen molar-refractivity contribution in [1.82, 2.24) is 15.4 Å².